The highest BCUT2D eigenvalue weighted by Crippen LogP contribution is 2.19. The van der Waals surface area contributed by atoms with Crippen LogP contribution in [0, 0.1) is 6.92 Å². The number of nitrogens with zero attached hydrogens (tertiary/aromatic N) is 4. The number of aryl methyl sites for hydroxylation is 1. The molecule has 0 aliphatic rings. The molecule has 0 saturated heterocycles. The fourth-order valence-electron chi connectivity index (χ4n) is 1.91. The highest BCUT2D eigenvalue weighted by molar-refractivity contribution is 5.58. The Morgan fingerprint density at radius 2 is 1.96 bits per heavy atom. The Labute approximate surface area is 132 Å². The van der Waals surface area contributed by atoms with Gasteiger partial charge in [0.1, 0.15) is 11.5 Å². The van der Waals surface area contributed by atoms with E-state index in [2.05, 4.69) is 31.0 Å². The van der Waals surface area contributed by atoms with Gasteiger partial charge in [0.05, 0.1) is 12.8 Å². The summed E-state index contributed by atoms with van der Waals surface area (Å²) < 4.78 is 10.4. The van der Waals surface area contributed by atoms with Crippen molar-refractivity contribution in [2.45, 2.75) is 13.8 Å². The molecule has 2 aromatic heterocycles. The number of aromatic nitrogens is 4. The van der Waals surface area contributed by atoms with Crippen LogP contribution in [0.2, 0.25) is 0 Å². The Morgan fingerprint density at radius 3 is 2.65 bits per heavy atom. The minimum atomic E-state index is 0.328. The van der Waals surface area contributed by atoms with Crippen molar-refractivity contribution in [1.29, 1.82) is 0 Å². The Balaban J connectivity index is 1.69. The molecule has 0 unspecified atom stereocenters. The lowest BCUT2D eigenvalue weighted by atomic mass is 10.3. The Kier molecular flexibility index (Phi) is 4.32. The summed E-state index contributed by atoms with van der Waals surface area (Å²) in [4.78, 5) is 4.32. The van der Waals surface area contributed by atoms with Gasteiger partial charge in [-0.25, -0.2) is 0 Å². The molecule has 0 bridgehead atoms. The second-order valence-electron chi connectivity index (χ2n) is 4.70. The zero-order valence-electron chi connectivity index (χ0n) is 12.8. The minimum Gasteiger partial charge on any atom is -0.494 e. The number of hydrogen-bond donors (Lipinski definition) is 2. The number of ether oxygens (including phenoxy) is 1. The van der Waals surface area contributed by atoms with Crippen molar-refractivity contribution >= 4 is 23.3 Å². The van der Waals surface area contributed by atoms with E-state index in [4.69, 9.17) is 9.26 Å². The Bertz CT molecular complexity index is 772. The Hall–Kier alpha value is -3.16. The molecule has 118 valence electrons. The molecule has 8 nitrogen and oxygen atoms in total. The van der Waals surface area contributed by atoms with E-state index in [1.54, 1.807) is 13.0 Å². The maximum atomic E-state index is 5.41. The van der Waals surface area contributed by atoms with Gasteiger partial charge in [-0.1, -0.05) is 5.16 Å². The fourth-order valence-corrected chi connectivity index (χ4v) is 1.91. The van der Waals surface area contributed by atoms with E-state index in [-0.39, 0.29) is 0 Å². The van der Waals surface area contributed by atoms with Crippen LogP contribution in [0.1, 0.15) is 12.7 Å². The van der Waals surface area contributed by atoms with Crippen molar-refractivity contribution in [2.24, 2.45) is 0 Å². The van der Waals surface area contributed by atoms with Gasteiger partial charge in [-0.3, -0.25) is 0 Å². The number of anilines is 4. The first-order valence-electron chi connectivity index (χ1n) is 7.13. The lowest BCUT2D eigenvalue weighted by Gasteiger charge is -2.07. The van der Waals surface area contributed by atoms with E-state index in [9.17, 15) is 0 Å². The number of benzene rings is 1. The summed E-state index contributed by atoms with van der Waals surface area (Å²) in [6, 6.07) is 9.33. The first-order valence-corrected chi connectivity index (χ1v) is 7.13. The normalized spacial score (nSPS) is 10.3. The van der Waals surface area contributed by atoms with Gasteiger partial charge in [0.2, 0.25) is 5.95 Å². The van der Waals surface area contributed by atoms with E-state index in [0.29, 0.717) is 30.0 Å². The molecule has 23 heavy (non-hydrogen) atoms. The third kappa shape index (κ3) is 3.94. The molecule has 0 amide bonds. The van der Waals surface area contributed by atoms with Gasteiger partial charge in [0.15, 0.2) is 11.6 Å². The topological polar surface area (TPSA) is 98.0 Å². The lowest BCUT2D eigenvalue weighted by Crippen LogP contribution is -2.02. The average molecular weight is 312 g/mol. The van der Waals surface area contributed by atoms with Crippen molar-refractivity contribution < 1.29 is 9.26 Å². The smallest absolute Gasteiger partial charge is 0.250 e. The minimum absolute atomic E-state index is 0.328. The van der Waals surface area contributed by atoms with E-state index in [1.807, 2.05) is 31.2 Å². The van der Waals surface area contributed by atoms with Crippen molar-refractivity contribution in [3.05, 3.63) is 42.3 Å². The predicted octanol–water partition coefficient (Wildman–Crippen LogP) is 3.05. The van der Waals surface area contributed by atoms with Gasteiger partial charge in [-0.2, -0.15) is 10.1 Å². The summed E-state index contributed by atoms with van der Waals surface area (Å²) in [5, 5.41) is 17.7. The van der Waals surface area contributed by atoms with Crippen LogP contribution in [0.5, 0.6) is 5.75 Å². The highest BCUT2D eigenvalue weighted by Gasteiger charge is 2.05. The van der Waals surface area contributed by atoms with Gasteiger partial charge < -0.3 is 19.9 Å². The third-order valence-corrected chi connectivity index (χ3v) is 2.86. The molecule has 0 radical (unpaired) electrons. The molecule has 0 spiro atoms. The zero-order valence-corrected chi connectivity index (χ0v) is 12.8. The molecule has 3 aromatic rings. The molecule has 0 saturated carbocycles. The molecule has 0 aliphatic heterocycles. The van der Waals surface area contributed by atoms with E-state index >= 15 is 0 Å². The average Bonchev–Trinajstić information content (AvgIpc) is 2.95. The van der Waals surface area contributed by atoms with E-state index in [1.165, 1.54) is 6.20 Å². The maximum Gasteiger partial charge on any atom is 0.250 e. The summed E-state index contributed by atoms with van der Waals surface area (Å²) in [6.07, 6.45) is 1.54. The monoisotopic (exact) mass is 312 g/mol. The predicted molar refractivity (Wildman–Crippen MR) is 85.2 cm³/mol. The summed E-state index contributed by atoms with van der Waals surface area (Å²) in [5.41, 5.74) is 0.872. The Morgan fingerprint density at radius 1 is 1.13 bits per heavy atom. The molecule has 0 aliphatic carbocycles. The molecule has 1 aromatic carbocycles. The molecule has 0 atom stereocenters. The number of hydrogen-bond acceptors (Lipinski definition) is 8. The largest absolute Gasteiger partial charge is 0.494 e. The quantitative estimate of drug-likeness (QED) is 0.716. The van der Waals surface area contributed by atoms with Crippen LogP contribution in [-0.2, 0) is 0 Å². The van der Waals surface area contributed by atoms with Gasteiger partial charge in [0.25, 0.3) is 0 Å². The standard InChI is InChI=1S/C15H16N6O2/c1-3-22-12-6-4-11(5-7-12)17-14-9-16-20-15(19-14)18-13-8-10(2)23-21-13/h4-9H,3H2,1-2H3,(H2,17,18,19,20,21). The summed E-state index contributed by atoms with van der Waals surface area (Å²) in [6.45, 7) is 4.39. The van der Waals surface area contributed by atoms with Crippen LogP contribution in [0.15, 0.2) is 41.1 Å². The molecule has 0 fully saturated rings. The van der Waals surface area contributed by atoms with Gasteiger partial charge in [0, 0.05) is 11.8 Å². The second-order valence-corrected chi connectivity index (χ2v) is 4.70. The number of rotatable bonds is 6. The van der Waals surface area contributed by atoms with Gasteiger partial charge >= 0.3 is 0 Å². The summed E-state index contributed by atoms with van der Waals surface area (Å²) in [5.74, 6) is 2.94. The SMILES string of the molecule is CCOc1ccc(Nc2cnnc(Nc3cc(C)on3)n2)cc1. The van der Waals surface area contributed by atoms with Crippen molar-refractivity contribution in [3.8, 4) is 5.75 Å². The molecule has 2 N–H and O–H groups in total. The van der Waals surface area contributed by atoms with Crippen LogP contribution in [-0.4, -0.2) is 26.9 Å². The highest BCUT2D eigenvalue weighted by atomic mass is 16.5. The van der Waals surface area contributed by atoms with Crippen molar-refractivity contribution in [1.82, 2.24) is 20.3 Å². The van der Waals surface area contributed by atoms with Crippen LogP contribution in [0.4, 0.5) is 23.3 Å². The third-order valence-electron chi connectivity index (χ3n) is 2.86. The lowest BCUT2D eigenvalue weighted by molar-refractivity contribution is 0.340. The van der Waals surface area contributed by atoms with Crippen LogP contribution < -0.4 is 15.4 Å². The van der Waals surface area contributed by atoms with E-state index in [0.717, 1.165) is 11.4 Å². The first kappa shape index (κ1) is 14.8. The van der Waals surface area contributed by atoms with Gasteiger partial charge in [-0.05, 0) is 38.1 Å². The molecule has 8 heteroatoms. The molecular weight excluding hydrogens is 296 g/mol. The first-order chi connectivity index (χ1) is 11.2. The van der Waals surface area contributed by atoms with Gasteiger partial charge in [-0.15, -0.1) is 5.10 Å². The molecule has 2 heterocycles. The second kappa shape index (κ2) is 6.73. The van der Waals surface area contributed by atoms with Crippen LogP contribution in [0.3, 0.4) is 0 Å². The van der Waals surface area contributed by atoms with E-state index < -0.39 is 0 Å². The van der Waals surface area contributed by atoms with Crippen LogP contribution >= 0.6 is 0 Å². The van der Waals surface area contributed by atoms with Crippen LogP contribution in [0.25, 0.3) is 0 Å². The van der Waals surface area contributed by atoms with Crippen molar-refractivity contribution in [3.63, 3.8) is 0 Å². The molecule has 3 rings (SSSR count). The fraction of sp³-hybridized carbons (Fsp3) is 0.200. The summed E-state index contributed by atoms with van der Waals surface area (Å²) in [7, 11) is 0. The summed E-state index contributed by atoms with van der Waals surface area (Å²) >= 11 is 0. The molecular formula is C15H16N6O2. The van der Waals surface area contributed by atoms with Crippen molar-refractivity contribution in [2.75, 3.05) is 17.2 Å². The number of nitrogens with one attached hydrogen (secondary N) is 2. The maximum absolute atomic E-state index is 5.41. The zero-order chi connectivity index (χ0) is 16.1.